The van der Waals surface area contributed by atoms with Crippen LogP contribution in [-0.4, -0.2) is 50.4 Å². The summed E-state index contributed by atoms with van der Waals surface area (Å²) in [5, 5.41) is 0. The highest BCUT2D eigenvalue weighted by atomic mass is 16.6. The molecule has 1 aliphatic rings. The number of nitrogens with zero attached hydrogens (tertiary/aromatic N) is 1. The topological polar surface area (TPSA) is 48.0 Å². The van der Waals surface area contributed by atoms with Crippen LogP contribution in [-0.2, 0) is 40.0 Å². The lowest BCUT2D eigenvalue weighted by molar-refractivity contribution is -0.156. The van der Waals surface area contributed by atoms with Gasteiger partial charge >= 0.3 is 5.97 Å². The van der Waals surface area contributed by atoms with Crippen molar-refractivity contribution in [1.29, 1.82) is 0 Å². The van der Waals surface area contributed by atoms with E-state index in [-0.39, 0.29) is 12.0 Å². The van der Waals surface area contributed by atoms with Crippen molar-refractivity contribution < 1.29 is 19.0 Å². The van der Waals surface area contributed by atoms with Crippen LogP contribution in [0.2, 0.25) is 0 Å². The molecule has 1 aliphatic carbocycles. The van der Waals surface area contributed by atoms with Crippen LogP contribution in [0.4, 0.5) is 0 Å². The van der Waals surface area contributed by atoms with E-state index in [1.807, 2.05) is 38.1 Å². The average molecular weight is 648 g/mol. The molecular weight excluding hydrogens is 594 g/mol. The Labute approximate surface area is 288 Å². The van der Waals surface area contributed by atoms with Gasteiger partial charge in [0.05, 0.1) is 12.6 Å². The molecule has 0 aliphatic heterocycles. The number of hydrogen-bond donors (Lipinski definition) is 0. The fourth-order valence-electron chi connectivity index (χ4n) is 6.92. The highest BCUT2D eigenvalue weighted by Crippen LogP contribution is 2.38. The number of fused-ring (bicyclic) bond motifs is 2. The van der Waals surface area contributed by atoms with Crippen molar-refractivity contribution in [3.63, 3.8) is 0 Å². The second-order valence-corrected chi connectivity index (χ2v) is 13.0. The van der Waals surface area contributed by atoms with Crippen LogP contribution in [0.1, 0.15) is 97.0 Å². The predicted molar refractivity (Wildman–Crippen MR) is 195 cm³/mol. The number of hydrogen-bond acceptors (Lipinski definition) is 5. The summed E-state index contributed by atoms with van der Waals surface area (Å²) < 4.78 is 17.1. The molecule has 4 aromatic rings. The minimum atomic E-state index is -0.596. The summed E-state index contributed by atoms with van der Waals surface area (Å²) in [4.78, 5) is 14.8. The van der Waals surface area contributed by atoms with Crippen LogP contribution < -0.4 is 4.74 Å². The Kier molecular flexibility index (Phi) is 12.9. The van der Waals surface area contributed by atoms with E-state index in [4.69, 9.17) is 14.2 Å². The fourth-order valence-corrected chi connectivity index (χ4v) is 6.92. The number of benzene rings is 4. The van der Waals surface area contributed by atoms with Gasteiger partial charge in [-0.15, -0.1) is 0 Å². The van der Waals surface area contributed by atoms with E-state index in [1.54, 1.807) is 0 Å². The Hall–Kier alpha value is -3.93. The first-order valence-corrected chi connectivity index (χ1v) is 17.9. The van der Waals surface area contributed by atoms with Crippen molar-refractivity contribution >= 4 is 5.97 Å². The third kappa shape index (κ3) is 8.94. The number of aryl methyl sites for hydroxylation is 3. The van der Waals surface area contributed by atoms with E-state index in [0.717, 1.165) is 37.1 Å². The first-order valence-electron chi connectivity index (χ1n) is 17.9. The zero-order chi connectivity index (χ0) is 33.9. The van der Waals surface area contributed by atoms with Gasteiger partial charge in [-0.3, -0.25) is 4.90 Å². The smallest absolute Gasteiger partial charge is 0.335 e. The molecule has 4 aromatic carbocycles. The summed E-state index contributed by atoms with van der Waals surface area (Å²) in [6.45, 7) is 10.4. The first-order chi connectivity index (χ1) is 23.4. The normalized spacial score (nSPS) is 15.2. The number of esters is 1. The Balaban J connectivity index is 1.32. The number of likely N-dealkylation sites (N-methyl/N-ethyl adjacent to an activating group) is 1. The summed E-state index contributed by atoms with van der Waals surface area (Å²) in [7, 11) is 2.23. The van der Waals surface area contributed by atoms with Gasteiger partial charge in [-0.1, -0.05) is 99.1 Å². The van der Waals surface area contributed by atoms with Crippen molar-refractivity contribution in [3.8, 4) is 5.75 Å². The molecule has 0 radical (unpaired) electrons. The fraction of sp³-hybridized carbons (Fsp3) is 0.419. The minimum absolute atomic E-state index is 0.156. The highest BCUT2D eigenvalue weighted by molar-refractivity contribution is 5.75. The molecule has 5 heteroatoms. The highest BCUT2D eigenvalue weighted by Gasteiger charge is 2.28. The van der Waals surface area contributed by atoms with E-state index in [9.17, 15) is 4.79 Å². The van der Waals surface area contributed by atoms with Gasteiger partial charge in [-0.05, 0) is 103 Å². The van der Waals surface area contributed by atoms with Gasteiger partial charge in [0, 0.05) is 25.5 Å². The van der Waals surface area contributed by atoms with Crippen LogP contribution in [0.3, 0.4) is 0 Å². The molecule has 0 saturated heterocycles. The minimum Gasteiger partial charge on any atom is -0.492 e. The Bertz CT molecular complexity index is 1600. The van der Waals surface area contributed by atoms with Gasteiger partial charge in [-0.25, -0.2) is 4.79 Å². The maximum atomic E-state index is 12.3. The molecule has 3 atom stereocenters. The molecule has 5 rings (SSSR count). The molecule has 48 heavy (non-hydrogen) atoms. The predicted octanol–water partition coefficient (Wildman–Crippen LogP) is 8.89. The third-order valence-electron chi connectivity index (χ3n) is 9.66. The molecular formula is C43H53NO4. The zero-order valence-corrected chi connectivity index (χ0v) is 29.5. The van der Waals surface area contributed by atoms with E-state index in [0.29, 0.717) is 32.2 Å². The van der Waals surface area contributed by atoms with Crippen LogP contribution in [0, 0.1) is 0 Å². The lowest BCUT2D eigenvalue weighted by Crippen LogP contribution is -2.30. The van der Waals surface area contributed by atoms with Crippen molar-refractivity contribution in [2.75, 3.05) is 33.4 Å². The number of carbonyl (C=O) groups is 1. The number of rotatable bonds is 16. The van der Waals surface area contributed by atoms with Gasteiger partial charge < -0.3 is 14.2 Å². The van der Waals surface area contributed by atoms with Gasteiger partial charge in [0.1, 0.15) is 12.4 Å². The second kappa shape index (κ2) is 17.5. The Morgan fingerprint density at radius 2 is 1.50 bits per heavy atom. The molecule has 0 bridgehead atoms. The molecule has 0 heterocycles. The van der Waals surface area contributed by atoms with Crippen molar-refractivity contribution in [3.05, 3.63) is 136 Å². The van der Waals surface area contributed by atoms with Crippen LogP contribution in [0.15, 0.2) is 91.0 Å². The third-order valence-corrected chi connectivity index (χ3v) is 9.66. The number of ether oxygens (including phenoxy) is 3. The standard InChI is InChI=1S/C43H53NO4/c1-6-9-13-32-18-24-39-36(28-32)19-20-37-30-35(31(4)34-14-11-10-12-15-34)21-25-40(37)42(39)44(5)26-27-48-38-22-16-33(17-23-38)29-41(46-7-2)43(45)47-8-3/h10-12,14-18,21-25,28,30-31,41-42H,6-9,13,19-20,26-27,29H2,1-5H3. The molecule has 0 aromatic heterocycles. The van der Waals surface area contributed by atoms with Gasteiger partial charge in [-0.2, -0.15) is 0 Å². The maximum Gasteiger partial charge on any atom is 0.335 e. The van der Waals surface area contributed by atoms with Gasteiger partial charge in [0.25, 0.3) is 0 Å². The SMILES string of the molecule is CCCCc1ccc2c(c1)CCc1cc(C(C)c3ccccc3)ccc1C2N(C)CCOc1ccc(CC(OCC)C(=O)OCC)cc1. The molecule has 0 saturated carbocycles. The van der Waals surface area contributed by atoms with Crippen LogP contribution >= 0.6 is 0 Å². The molecule has 0 amide bonds. The van der Waals surface area contributed by atoms with E-state index in [1.165, 1.54) is 51.8 Å². The van der Waals surface area contributed by atoms with Gasteiger partial charge in [0.15, 0.2) is 6.10 Å². The number of unbranched alkanes of at least 4 members (excludes halogenated alkanes) is 1. The quantitative estimate of drug-likeness (QED) is 0.114. The van der Waals surface area contributed by atoms with E-state index < -0.39 is 6.10 Å². The summed E-state index contributed by atoms with van der Waals surface area (Å²) in [6.07, 6.45) is 5.54. The largest absolute Gasteiger partial charge is 0.492 e. The summed E-state index contributed by atoms with van der Waals surface area (Å²) in [5.41, 5.74) is 10.9. The molecule has 0 fully saturated rings. The van der Waals surface area contributed by atoms with Crippen molar-refractivity contribution in [2.45, 2.75) is 84.3 Å². The Morgan fingerprint density at radius 3 is 2.19 bits per heavy atom. The van der Waals surface area contributed by atoms with E-state index >= 15 is 0 Å². The molecule has 3 unspecified atom stereocenters. The summed E-state index contributed by atoms with van der Waals surface area (Å²) in [5.74, 6) is 0.843. The van der Waals surface area contributed by atoms with Crippen LogP contribution in [0.25, 0.3) is 0 Å². The Morgan fingerprint density at radius 1 is 0.812 bits per heavy atom. The van der Waals surface area contributed by atoms with E-state index in [2.05, 4.69) is 92.5 Å². The van der Waals surface area contributed by atoms with Crippen LogP contribution in [0.5, 0.6) is 5.75 Å². The molecule has 5 nitrogen and oxygen atoms in total. The monoisotopic (exact) mass is 647 g/mol. The lowest BCUT2D eigenvalue weighted by atomic mass is 9.87. The first kappa shape index (κ1) is 35.4. The van der Waals surface area contributed by atoms with Crippen molar-refractivity contribution in [2.24, 2.45) is 0 Å². The zero-order valence-electron chi connectivity index (χ0n) is 29.5. The number of carbonyl (C=O) groups excluding carboxylic acids is 1. The average Bonchev–Trinajstić information content (AvgIpc) is 3.27. The summed E-state index contributed by atoms with van der Waals surface area (Å²) >= 11 is 0. The molecule has 0 N–H and O–H groups in total. The second-order valence-electron chi connectivity index (χ2n) is 13.0. The van der Waals surface area contributed by atoms with Crippen molar-refractivity contribution in [1.82, 2.24) is 4.90 Å². The maximum absolute atomic E-state index is 12.3. The van der Waals surface area contributed by atoms with Gasteiger partial charge in [0.2, 0.25) is 0 Å². The summed E-state index contributed by atoms with van der Waals surface area (Å²) in [6, 6.07) is 33.3. The lowest BCUT2D eigenvalue weighted by Gasteiger charge is -2.31. The molecule has 254 valence electrons. The molecule has 0 spiro atoms.